The number of benzene rings is 1. The van der Waals surface area contributed by atoms with Crippen molar-refractivity contribution in [3.8, 4) is 0 Å². The van der Waals surface area contributed by atoms with Gasteiger partial charge in [-0.05, 0) is 36.8 Å². The second-order valence-electron chi connectivity index (χ2n) is 7.33. The van der Waals surface area contributed by atoms with Crippen LogP contribution in [0.3, 0.4) is 0 Å². The Balaban J connectivity index is 1.97. The van der Waals surface area contributed by atoms with Gasteiger partial charge in [0.25, 0.3) is 0 Å². The first-order chi connectivity index (χ1) is 13.2. The lowest BCUT2D eigenvalue weighted by Gasteiger charge is -2.37. The van der Waals surface area contributed by atoms with Crippen molar-refractivity contribution in [2.24, 2.45) is 11.3 Å². The highest BCUT2D eigenvalue weighted by Crippen LogP contribution is 2.54. The van der Waals surface area contributed by atoms with Crippen LogP contribution >= 0.6 is 11.6 Å². The topological polar surface area (TPSA) is 35.5 Å². The summed E-state index contributed by atoms with van der Waals surface area (Å²) in [4.78, 5) is 11.0. The van der Waals surface area contributed by atoms with Crippen LogP contribution in [-0.2, 0) is 14.3 Å². The number of carbonyl (C=O) groups excluding carboxylic acids is 1. The molecule has 152 valence electrons. The van der Waals surface area contributed by atoms with Crippen LogP contribution in [0.15, 0.2) is 47.2 Å². The van der Waals surface area contributed by atoms with Crippen molar-refractivity contribution in [2.75, 3.05) is 13.2 Å². The van der Waals surface area contributed by atoms with Crippen molar-refractivity contribution in [1.29, 1.82) is 0 Å². The summed E-state index contributed by atoms with van der Waals surface area (Å²) in [6.07, 6.45) is -2.23. The Morgan fingerprint density at radius 2 is 1.93 bits per heavy atom. The fourth-order valence-corrected chi connectivity index (χ4v) is 3.68. The summed E-state index contributed by atoms with van der Waals surface area (Å²) < 4.78 is 52.9. The lowest BCUT2D eigenvalue weighted by atomic mass is 9.75. The zero-order chi connectivity index (χ0) is 20.4. The molecule has 3 rings (SSSR count). The van der Waals surface area contributed by atoms with E-state index in [4.69, 9.17) is 21.1 Å². The molecule has 1 fully saturated rings. The molecule has 2 aliphatic carbocycles. The predicted molar refractivity (Wildman–Crippen MR) is 100 cm³/mol. The molecule has 0 saturated heterocycles. The molecule has 1 atom stereocenters. The molecule has 1 aromatic carbocycles. The van der Waals surface area contributed by atoms with E-state index in [1.54, 1.807) is 24.3 Å². The SMILES string of the molecule is CC(=O)OCCC1(C(F)(F)F)C=C(OCC2CC2)C(c2ccccc2)=C(Cl)C1. The molecule has 7 heteroatoms. The summed E-state index contributed by atoms with van der Waals surface area (Å²) in [7, 11) is 0. The molecular formula is C21H22ClF3O3. The number of ether oxygens (including phenoxy) is 2. The molecule has 0 heterocycles. The van der Waals surface area contributed by atoms with Crippen LogP contribution in [0.4, 0.5) is 13.2 Å². The smallest absolute Gasteiger partial charge is 0.398 e. The molecule has 0 aliphatic heterocycles. The quantitative estimate of drug-likeness (QED) is 0.525. The third kappa shape index (κ3) is 4.72. The van der Waals surface area contributed by atoms with Crippen molar-refractivity contribution in [3.63, 3.8) is 0 Å². The van der Waals surface area contributed by atoms with Crippen LogP contribution in [-0.4, -0.2) is 25.4 Å². The number of hydrogen-bond donors (Lipinski definition) is 0. The standard InChI is InChI=1S/C21H22ClF3O3/c1-14(26)27-10-9-20(21(23,24)25)11-17(22)19(16-5-3-2-4-6-16)18(12-20)28-13-15-7-8-15/h2-6,12,15H,7-11,13H2,1H3. The second-order valence-corrected chi connectivity index (χ2v) is 7.79. The maximum absolute atomic E-state index is 14.1. The molecule has 1 aromatic rings. The zero-order valence-electron chi connectivity index (χ0n) is 15.5. The minimum Gasteiger partial charge on any atom is -0.493 e. The molecule has 0 aromatic heterocycles. The number of alkyl halides is 3. The molecule has 0 amide bonds. The maximum atomic E-state index is 14.1. The van der Waals surface area contributed by atoms with E-state index in [0.717, 1.165) is 18.9 Å². The van der Waals surface area contributed by atoms with Crippen LogP contribution in [0.25, 0.3) is 5.57 Å². The van der Waals surface area contributed by atoms with Crippen molar-refractivity contribution in [3.05, 3.63) is 52.8 Å². The largest absolute Gasteiger partial charge is 0.493 e. The summed E-state index contributed by atoms with van der Waals surface area (Å²) in [5.74, 6) is -0.0941. The molecule has 3 nitrogen and oxygen atoms in total. The van der Waals surface area contributed by atoms with Gasteiger partial charge in [0, 0.05) is 23.9 Å². The normalized spacial score (nSPS) is 22.7. The Bertz CT molecular complexity index is 782. The van der Waals surface area contributed by atoms with Crippen molar-refractivity contribution in [2.45, 2.75) is 38.8 Å². The lowest BCUT2D eigenvalue weighted by Crippen LogP contribution is -2.40. The Morgan fingerprint density at radius 1 is 1.25 bits per heavy atom. The van der Waals surface area contributed by atoms with Gasteiger partial charge in [0.1, 0.15) is 5.76 Å². The highest BCUT2D eigenvalue weighted by molar-refractivity contribution is 6.33. The minimum absolute atomic E-state index is 0.0969. The van der Waals surface area contributed by atoms with E-state index in [2.05, 4.69) is 0 Å². The van der Waals surface area contributed by atoms with E-state index in [1.165, 1.54) is 6.92 Å². The Morgan fingerprint density at radius 3 is 2.50 bits per heavy atom. The van der Waals surface area contributed by atoms with E-state index in [1.807, 2.05) is 6.07 Å². The molecule has 0 N–H and O–H groups in total. The zero-order valence-corrected chi connectivity index (χ0v) is 16.3. The monoisotopic (exact) mass is 414 g/mol. The highest BCUT2D eigenvalue weighted by Gasteiger charge is 2.55. The van der Waals surface area contributed by atoms with Crippen LogP contribution < -0.4 is 0 Å². The second kappa shape index (κ2) is 8.19. The van der Waals surface area contributed by atoms with Gasteiger partial charge in [-0.1, -0.05) is 41.9 Å². The van der Waals surface area contributed by atoms with Gasteiger partial charge in [0.2, 0.25) is 0 Å². The number of carbonyl (C=O) groups is 1. The van der Waals surface area contributed by atoms with Gasteiger partial charge < -0.3 is 9.47 Å². The number of hydrogen-bond acceptors (Lipinski definition) is 3. The molecule has 0 spiro atoms. The van der Waals surface area contributed by atoms with Gasteiger partial charge in [-0.2, -0.15) is 13.2 Å². The van der Waals surface area contributed by atoms with Crippen LogP contribution in [0.5, 0.6) is 0 Å². The fraction of sp³-hybridized carbons (Fsp3) is 0.476. The predicted octanol–water partition coefficient (Wildman–Crippen LogP) is 5.85. The third-order valence-electron chi connectivity index (χ3n) is 5.05. The number of rotatable bonds is 7. The van der Waals surface area contributed by atoms with Gasteiger partial charge in [-0.3, -0.25) is 4.79 Å². The first-order valence-electron chi connectivity index (χ1n) is 9.22. The molecule has 28 heavy (non-hydrogen) atoms. The minimum atomic E-state index is -4.57. The lowest BCUT2D eigenvalue weighted by molar-refractivity contribution is -0.212. The van der Waals surface area contributed by atoms with Gasteiger partial charge in [0.05, 0.1) is 18.6 Å². The summed E-state index contributed by atoms with van der Waals surface area (Å²) in [5, 5.41) is 0.0969. The van der Waals surface area contributed by atoms with E-state index < -0.39 is 30.4 Å². The molecule has 1 unspecified atom stereocenters. The number of allylic oxidation sites excluding steroid dienone is 3. The average Bonchev–Trinajstić information content (AvgIpc) is 3.43. The van der Waals surface area contributed by atoms with E-state index in [9.17, 15) is 18.0 Å². The van der Waals surface area contributed by atoms with E-state index >= 15 is 0 Å². The fourth-order valence-electron chi connectivity index (χ4n) is 3.24. The first-order valence-corrected chi connectivity index (χ1v) is 9.60. The molecule has 0 bridgehead atoms. The van der Waals surface area contributed by atoms with Crippen molar-refractivity contribution in [1.82, 2.24) is 0 Å². The molecule has 1 saturated carbocycles. The van der Waals surface area contributed by atoms with Crippen LogP contribution in [0.2, 0.25) is 0 Å². The van der Waals surface area contributed by atoms with E-state index in [0.29, 0.717) is 23.7 Å². The molecule has 0 radical (unpaired) electrons. The van der Waals surface area contributed by atoms with Gasteiger partial charge >= 0.3 is 12.1 Å². The van der Waals surface area contributed by atoms with Gasteiger partial charge in [0.15, 0.2) is 0 Å². The third-order valence-corrected chi connectivity index (χ3v) is 5.37. The highest BCUT2D eigenvalue weighted by atomic mass is 35.5. The number of halogens is 4. The molecular weight excluding hydrogens is 393 g/mol. The Labute approximate surface area is 167 Å². The maximum Gasteiger partial charge on any atom is 0.398 e. The Hall–Kier alpha value is -1.95. The van der Waals surface area contributed by atoms with Crippen LogP contribution in [0, 0.1) is 11.3 Å². The van der Waals surface area contributed by atoms with E-state index in [-0.39, 0.29) is 17.4 Å². The molecule has 2 aliphatic rings. The summed E-state index contributed by atoms with van der Waals surface area (Å²) in [6.45, 7) is 1.19. The summed E-state index contributed by atoms with van der Waals surface area (Å²) in [5.41, 5.74) is -1.03. The van der Waals surface area contributed by atoms with Crippen LogP contribution in [0.1, 0.15) is 38.2 Å². The van der Waals surface area contributed by atoms with Crippen molar-refractivity contribution >= 4 is 23.1 Å². The average molecular weight is 415 g/mol. The van der Waals surface area contributed by atoms with Gasteiger partial charge in [-0.15, -0.1) is 0 Å². The van der Waals surface area contributed by atoms with Crippen molar-refractivity contribution < 1.29 is 27.4 Å². The van der Waals surface area contributed by atoms with Gasteiger partial charge in [-0.25, -0.2) is 0 Å². The summed E-state index contributed by atoms with van der Waals surface area (Å²) in [6, 6.07) is 9.03. The Kier molecular flexibility index (Phi) is 6.08. The summed E-state index contributed by atoms with van der Waals surface area (Å²) >= 11 is 6.43. The first kappa shape index (κ1) is 20.8. The number of esters is 1.